The molecule has 0 radical (unpaired) electrons. The Labute approximate surface area is 240 Å². The average molecular weight is 563 g/mol. The number of likely N-dealkylation sites (tertiary alicyclic amines) is 1. The molecule has 3 aliphatic rings. The zero-order valence-electron chi connectivity index (χ0n) is 23.3. The third-order valence-corrected chi connectivity index (χ3v) is 11.0. The maximum Gasteiger partial charge on any atom is 0.311 e. The van der Waals surface area contributed by atoms with E-state index in [1.807, 2.05) is 56.3 Å². The molecule has 3 heterocycles. The fourth-order valence-electron chi connectivity index (χ4n) is 7.08. The molecule has 40 heavy (non-hydrogen) atoms. The number of hydrogen-bond donors (Lipinski definition) is 1. The minimum Gasteiger partial charge on any atom is -0.465 e. The molecule has 8 heteroatoms. The van der Waals surface area contributed by atoms with Crippen LogP contribution in [0.1, 0.15) is 39.5 Å². The normalized spacial score (nSPS) is 29.3. The number of rotatable bonds is 11. The molecule has 2 aromatic carbocycles. The van der Waals surface area contributed by atoms with Gasteiger partial charge in [0.1, 0.15) is 6.04 Å². The van der Waals surface area contributed by atoms with Crippen molar-refractivity contribution in [2.24, 2.45) is 11.8 Å². The molecular formula is C32H38N2O5S. The van der Waals surface area contributed by atoms with Gasteiger partial charge in [-0.1, -0.05) is 49.4 Å². The highest BCUT2D eigenvalue weighted by atomic mass is 32.2. The molecule has 212 valence electrons. The molecule has 2 bridgehead atoms. The first-order valence-corrected chi connectivity index (χ1v) is 14.9. The van der Waals surface area contributed by atoms with Gasteiger partial charge in [-0.25, -0.2) is 0 Å². The van der Waals surface area contributed by atoms with E-state index in [1.165, 1.54) is 0 Å². The van der Waals surface area contributed by atoms with Gasteiger partial charge in [0, 0.05) is 17.0 Å². The van der Waals surface area contributed by atoms with Gasteiger partial charge in [-0.05, 0) is 55.5 Å². The summed E-state index contributed by atoms with van der Waals surface area (Å²) >= 11 is 1.60. The Balaban J connectivity index is 1.59. The minimum absolute atomic E-state index is 0.211. The summed E-state index contributed by atoms with van der Waals surface area (Å²) in [6, 6.07) is 12.5. The quantitative estimate of drug-likeness (QED) is 0.242. The Bertz CT molecular complexity index is 1340. The number of aliphatic hydroxyl groups is 1. The number of carbonyl (C=O) groups excluding carboxylic acids is 3. The van der Waals surface area contributed by atoms with E-state index in [-0.39, 0.29) is 37.5 Å². The summed E-state index contributed by atoms with van der Waals surface area (Å²) in [6.45, 7) is 11.7. The minimum atomic E-state index is -0.827. The molecule has 3 saturated heterocycles. The van der Waals surface area contributed by atoms with Gasteiger partial charge in [0.2, 0.25) is 5.91 Å². The summed E-state index contributed by atoms with van der Waals surface area (Å²) in [4.78, 5) is 45.8. The second kappa shape index (κ2) is 11.1. The SMILES string of the molecule is C=CCCOC(=O)[C@@H]1[C@H]2C(=O)N([C@@H](CC)CO)C(C(=O)N(CC=C)c3ccc4ccccc4c3)C23CC[C@@]1(C)S3. The molecule has 5 rings (SSSR count). The topological polar surface area (TPSA) is 87.1 Å². The summed E-state index contributed by atoms with van der Waals surface area (Å²) in [5.74, 6) is -2.19. The lowest BCUT2D eigenvalue weighted by Crippen LogP contribution is -2.57. The predicted octanol–water partition coefficient (Wildman–Crippen LogP) is 4.73. The van der Waals surface area contributed by atoms with Crippen LogP contribution in [0.15, 0.2) is 67.8 Å². The Kier molecular flexibility index (Phi) is 7.86. The van der Waals surface area contributed by atoms with Crippen LogP contribution < -0.4 is 4.90 Å². The molecule has 2 amide bonds. The highest BCUT2D eigenvalue weighted by Gasteiger charge is 2.78. The maximum absolute atomic E-state index is 14.7. The summed E-state index contributed by atoms with van der Waals surface area (Å²) in [7, 11) is 0. The van der Waals surface area contributed by atoms with Crippen LogP contribution in [0.25, 0.3) is 10.8 Å². The first-order chi connectivity index (χ1) is 19.3. The van der Waals surface area contributed by atoms with Crippen molar-refractivity contribution in [3.05, 3.63) is 67.8 Å². The first-order valence-electron chi connectivity index (χ1n) is 14.1. The molecule has 2 aromatic rings. The number of ether oxygens (including phenoxy) is 1. The molecule has 1 N–H and O–H groups in total. The van der Waals surface area contributed by atoms with Crippen LogP contribution in [0.3, 0.4) is 0 Å². The van der Waals surface area contributed by atoms with E-state index in [0.29, 0.717) is 25.7 Å². The van der Waals surface area contributed by atoms with Crippen molar-refractivity contribution >= 4 is 46.0 Å². The van der Waals surface area contributed by atoms with Crippen LogP contribution >= 0.6 is 11.8 Å². The summed E-state index contributed by atoms with van der Waals surface area (Å²) < 4.78 is 4.33. The van der Waals surface area contributed by atoms with Crippen LogP contribution in [0, 0.1) is 11.8 Å². The van der Waals surface area contributed by atoms with E-state index < -0.39 is 33.4 Å². The summed E-state index contributed by atoms with van der Waals surface area (Å²) in [5.41, 5.74) is 0.719. The van der Waals surface area contributed by atoms with Crippen LogP contribution in [0.5, 0.6) is 0 Å². The van der Waals surface area contributed by atoms with E-state index in [1.54, 1.807) is 33.7 Å². The highest BCUT2D eigenvalue weighted by Crippen LogP contribution is 2.71. The number of hydrogen-bond acceptors (Lipinski definition) is 6. The molecule has 0 aliphatic carbocycles. The van der Waals surface area contributed by atoms with E-state index in [2.05, 4.69) is 13.2 Å². The third-order valence-electron chi connectivity index (χ3n) is 8.97. The number of nitrogens with zero attached hydrogens (tertiary/aromatic N) is 2. The van der Waals surface area contributed by atoms with Gasteiger partial charge in [0.05, 0.1) is 35.8 Å². The predicted molar refractivity (Wildman–Crippen MR) is 159 cm³/mol. The number of esters is 1. The van der Waals surface area contributed by atoms with Crippen LogP contribution in [0.2, 0.25) is 0 Å². The summed E-state index contributed by atoms with van der Waals surface area (Å²) in [5, 5.41) is 12.4. The standard InChI is InChI=1S/C32H38N2O5S/c1-5-8-18-39-30(38)26-25-28(36)34(23(7-3)20-35)27(32(25)16-15-31(26,4)40-32)29(37)33(17-6-2)24-14-13-21-11-9-10-12-22(21)19-24/h5-6,9-14,19,23,25-27,35H,1-2,7-8,15-18,20H2,3-4H3/t23-,25-,26-,27?,31+,32?/m0/s1. The molecule has 7 nitrogen and oxygen atoms in total. The first kappa shape index (κ1) is 28.4. The Morgan fingerprint density at radius 3 is 2.62 bits per heavy atom. The number of anilines is 1. The fraction of sp³-hybridized carbons (Fsp3) is 0.469. The average Bonchev–Trinajstić information content (AvgIpc) is 3.53. The lowest BCUT2D eigenvalue weighted by molar-refractivity contribution is -0.156. The van der Waals surface area contributed by atoms with E-state index in [9.17, 15) is 19.5 Å². The fourth-order valence-corrected chi connectivity index (χ4v) is 9.41. The van der Waals surface area contributed by atoms with Gasteiger partial charge in [-0.2, -0.15) is 0 Å². The number of benzene rings is 2. The van der Waals surface area contributed by atoms with Gasteiger partial charge in [-0.3, -0.25) is 14.4 Å². The maximum atomic E-state index is 14.7. The van der Waals surface area contributed by atoms with Crippen LogP contribution in [-0.4, -0.2) is 69.1 Å². The number of fused-ring (bicyclic) bond motifs is 2. The summed E-state index contributed by atoms with van der Waals surface area (Å²) in [6.07, 6.45) is 5.74. The molecule has 3 aliphatic heterocycles. The number of thioether (sulfide) groups is 1. The van der Waals surface area contributed by atoms with Crippen molar-refractivity contribution < 1.29 is 24.2 Å². The Hall–Kier alpha value is -3.10. The Morgan fingerprint density at radius 1 is 1.20 bits per heavy atom. The lowest BCUT2D eigenvalue weighted by Gasteiger charge is -2.39. The smallest absolute Gasteiger partial charge is 0.311 e. The van der Waals surface area contributed by atoms with E-state index in [0.717, 1.165) is 16.5 Å². The zero-order chi connectivity index (χ0) is 28.7. The number of carbonyl (C=O) groups is 3. The molecule has 1 spiro atoms. The molecule has 6 atom stereocenters. The van der Waals surface area contributed by atoms with Gasteiger partial charge in [0.25, 0.3) is 5.91 Å². The van der Waals surface area contributed by atoms with Gasteiger partial charge < -0.3 is 19.6 Å². The van der Waals surface area contributed by atoms with Gasteiger partial charge >= 0.3 is 5.97 Å². The second-order valence-electron chi connectivity index (χ2n) is 11.2. The van der Waals surface area contributed by atoms with Crippen LogP contribution in [-0.2, 0) is 19.1 Å². The molecular weight excluding hydrogens is 524 g/mol. The largest absolute Gasteiger partial charge is 0.465 e. The van der Waals surface area contributed by atoms with Crippen molar-refractivity contribution in [2.75, 3.05) is 24.7 Å². The van der Waals surface area contributed by atoms with E-state index in [4.69, 9.17) is 4.74 Å². The Morgan fingerprint density at radius 2 is 1.95 bits per heavy atom. The molecule has 0 saturated carbocycles. The monoisotopic (exact) mass is 562 g/mol. The van der Waals surface area contributed by atoms with E-state index >= 15 is 0 Å². The third kappa shape index (κ3) is 4.36. The highest BCUT2D eigenvalue weighted by molar-refractivity contribution is 8.02. The van der Waals surface area contributed by atoms with Crippen molar-refractivity contribution in [3.63, 3.8) is 0 Å². The lowest BCUT2D eigenvalue weighted by atomic mass is 9.66. The van der Waals surface area contributed by atoms with Gasteiger partial charge in [0.15, 0.2) is 0 Å². The second-order valence-corrected chi connectivity index (χ2v) is 13.1. The van der Waals surface area contributed by atoms with Crippen molar-refractivity contribution in [1.29, 1.82) is 0 Å². The van der Waals surface area contributed by atoms with Gasteiger partial charge in [-0.15, -0.1) is 24.9 Å². The number of aliphatic hydroxyl groups excluding tert-OH is 1. The van der Waals surface area contributed by atoms with Crippen molar-refractivity contribution in [2.45, 2.75) is 61.1 Å². The molecule has 2 unspecified atom stereocenters. The van der Waals surface area contributed by atoms with Crippen molar-refractivity contribution in [3.8, 4) is 0 Å². The van der Waals surface area contributed by atoms with Crippen LogP contribution in [0.4, 0.5) is 5.69 Å². The van der Waals surface area contributed by atoms with Crippen molar-refractivity contribution in [1.82, 2.24) is 4.90 Å². The number of amides is 2. The molecule has 0 aromatic heterocycles. The molecule has 3 fully saturated rings. The zero-order valence-corrected chi connectivity index (χ0v) is 24.1.